The third-order valence-corrected chi connectivity index (χ3v) is 3.69. The maximum atomic E-state index is 5.73. The van der Waals surface area contributed by atoms with E-state index in [0.29, 0.717) is 11.9 Å². The highest BCUT2D eigenvalue weighted by molar-refractivity contribution is 7.98. The van der Waals surface area contributed by atoms with Crippen LogP contribution in [0.3, 0.4) is 0 Å². The summed E-state index contributed by atoms with van der Waals surface area (Å²) in [7, 11) is 0. The van der Waals surface area contributed by atoms with Crippen LogP contribution in [-0.2, 0) is 0 Å². The van der Waals surface area contributed by atoms with Crippen LogP contribution in [0.4, 0.5) is 11.6 Å². The van der Waals surface area contributed by atoms with Crippen molar-refractivity contribution in [2.75, 3.05) is 17.3 Å². The van der Waals surface area contributed by atoms with Gasteiger partial charge in [-0.1, -0.05) is 18.2 Å². The number of rotatable bonds is 4. The molecule has 88 valence electrons. The Balaban J connectivity index is 2.04. The lowest BCUT2D eigenvalue weighted by atomic mass is 9.80. The quantitative estimate of drug-likeness (QED) is 0.623. The third kappa shape index (κ3) is 2.58. The van der Waals surface area contributed by atoms with E-state index in [0.717, 1.165) is 16.9 Å². The summed E-state index contributed by atoms with van der Waals surface area (Å²) in [5.74, 6) is 2.16. The molecule has 0 amide bonds. The summed E-state index contributed by atoms with van der Waals surface area (Å²) in [6.07, 6.45) is 5.96. The zero-order valence-electron chi connectivity index (χ0n) is 9.73. The summed E-state index contributed by atoms with van der Waals surface area (Å²) in [5, 5.41) is 4.14. The Labute approximate surface area is 100 Å². The van der Waals surface area contributed by atoms with Crippen LogP contribution in [0.25, 0.3) is 0 Å². The van der Waals surface area contributed by atoms with Crippen LogP contribution in [-0.4, -0.2) is 22.3 Å². The summed E-state index contributed by atoms with van der Waals surface area (Å²) in [6, 6.07) is 2.27. The van der Waals surface area contributed by atoms with Gasteiger partial charge in [-0.15, -0.1) is 0 Å². The summed E-state index contributed by atoms with van der Waals surface area (Å²) in [5.41, 5.74) is 5.73. The van der Waals surface area contributed by atoms with Gasteiger partial charge in [0.15, 0.2) is 5.16 Å². The highest BCUT2D eigenvalue weighted by Crippen LogP contribution is 2.31. The Bertz CT molecular complexity index is 365. The molecule has 1 aliphatic carbocycles. The van der Waals surface area contributed by atoms with E-state index in [4.69, 9.17) is 5.73 Å². The first-order chi connectivity index (χ1) is 7.69. The van der Waals surface area contributed by atoms with Gasteiger partial charge in [-0.05, 0) is 31.9 Å². The number of nitrogens with one attached hydrogen (secondary N) is 1. The molecule has 1 heterocycles. The zero-order chi connectivity index (χ0) is 11.5. The Morgan fingerprint density at radius 1 is 1.50 bits per heavy atom. The molecule has 5 heteroatoms. The number of hydrogen-bond acceptors (Lipinski definition) is 5. The van der Waals surface area contributed by atoms with Crippen molar-refractivity contribution in [2.45, 2.75) is 37.4 Å². The van der Waals surface area contributed by atoms with Crippen molar-refractivity contribution in [3.63, 3.8) is 0 Å². The van der Waals surface area contributed by atoms with E-state index >= 15 is 0 Å². The highest BCUT2D eigenvalue weighted by atomic mass is 32.2. The summed E-state index contributed by atoms with van der Waals surface area (Å²) in [6.45, 7) is 2.21. The molecule has 1 atom stereocenters. The van der Waals surface area contributed by atoms with Crippen molar-refractivity contribution in [3.05, 3.63) is 6.07 Å². The molecule has 1 saturated carbocycles. The number of anilines is 2. The highest BCUT2D eigenvalue weighted by Gasteiger charge is 2.24. The first kappa shape index (κ1) is 11.5. The molecular formula is C11H18N4S. The van der Waals surface area contributed by atoms with Crippen molar-refractivity contribution < 1.29 is 0 Å². The molecule has 3 N–H and O–H groups in total. The monoisotopic (exact) mass is 238 g/mol. The zero-order valence-corrected chi connectivity index (χ0v) is 10.5. The van der Waals surface area contributed by atoms with Crippen LogP contribution in [0.15, 0.2) is 11.2 Å². The van der Waals surface area contributed by atoms with Crippen molar-refractivity contribution in [3.8, 4) is 0 Å². The van der Waals surface area contributed by atoms with E-state index in [1.54, 1.807) is 6.07 Å². The SMILES string of the molecule is CSc1nc(N)cc(NC(C)C2CCC2)n1. The minimum atomic E-state index is 0.470. The molecule has 2 rings (SSSR count). The minimum absolute atomic E-state index is 0.470. The Kier molecular flexibility index (Phi) is 3.53. The van der Waals surface area contributed by atoms with Crippen molar-refractivity contribution in [1.82, 2.24) is 9.97 Å². The first-order valence-corrected chi connectivity index (χ1v) is 6.86. The second-order valence-corrected chi connectivity index (χ2v) is 5.06. The van der Waals surface area contributed by atoms with Gasteiger partial charge >= 0.3 is 0 Å². The van der Waals surface area contributed by atoms with Gasteiger partial charge in [0.2, 0.25) is 0 Å². The molecule has 0 bridgehead atoms. The lowest BCUT2D eigenvalue weighted by molar-refractivity contribution is 0.285. The Morgan fingerprint density at radius 2 is 2.25 bits per heavy atom. The van der Waals surface area contributed by atoms with E-state index in [1.807, 2.05) is 6.26 Å². The fraction of sp³-hybridized carbons (Fsp3) is 0.636. The normalized spacial score (nSPS) is 17.9. The van der Waals surface area contributed by atoms with Crippen LogP contribution in [0.5, 0.6) is 0 Å². The van der Waals surface area contributed by atoms with Crippen molar-refractivity contribution in [2.24, 2.45) is 5.92 Å². The molecule has 1 aromatic rings. The number of aromatic nitrogens is 2. The van der Waals surface area contributed by atoms with Gasteiger partial charge in [-0.2, -0.15) is 0 Å². The number of thioether (sulfide) groups is 1. The molecule has 1 aliphatic rings. The summed E-state index contributed by atoms with van der Waals surface area (Å²) >= 11 is 1.51. The fourth-order valence-corrected chi connectivity index (χ4v) is 2.29. The molecule has 1 unspecified atom stereocenters. The molecule has 0 saturated heterocycles. The van der Waals surface area contributed by atoms with Crippen LogP contribution >= 0.6 is 11.8 Å². The van der Waals surface area contributed by atoms with Gasteiger partial charge in [0.1, 0.15) is 11.6 Å². The maximum absolute atomic E-state index is 5.73. The van der Waals surface area contributed by atoms with Gasteiger partial charge < -0.3 is 11.1 Å². The van der Waals surface area contributed by atoms with Gasteiger partial charge in [-0.3, -0.25) is 0 Å². The van der Waals surface area contributed by atoms with Crippen LogP contribution in [0.2, 0.25) is 0 Å². The van der Waals surface area contributed by atoms with E-state index < -0.39 is 0 Å². The molecule has 16 heavy (non-hydrogen) atoms. The number of nitrogens with zero attached hydrogens (tertiary/aromatic N) is 2. The Hall–Kier alpha value is -0.970. The lowest BCUT2D eigenvalue weighted by Gasteiger charge is -2.32. The smallest absolute Gasteiger partial charge is 0.191 e. The molecule has 0 aromatic carbocycles. The van der Waals surface area contributed by atoms with Crippen LogP contribution in [0.1, 0.15) is 26.2 Å². The third-order valence-electron chi connectivity index (χ3n) is 3.14. The summed E-state index contributed by atoms with van der Waals surface area (Å²) in [4.78, 5) is 8.52. The molecule has 4 nitrogen and oxygen atoms in total. The van der Waals surface area contributed by atoms with Gasteiger partial charge in [0.25, 0.3) is 0 Å². The largest absolute Gasteiger partial charge is 0.383 e. The molecule has 1 aromatic heterocycles. The topological polar surface area (TPSA) is 63.8 Å². The predicted octanol–water partition coefficient (Wildman–Crippen LogP) is 2.38. The molecule has 0 radical (unpaired) electrons. The lowest BCUT2D eigenvalue weighted by Crippen LogP contribution is -2.31. The molecule has 0 aliphatic heterocycles. The molecular weight excluding hydrogens is 220 g/mol. The second-order valence-electron chi connectivity index (χ2n) is 4.29. The average molecular weight is 238 g/mol. The van der Waals surface area contributed by atoms with Gasteiger partial charge in [0.05, 0.1) is 0 Å². The second kappa shape index (κ2) is 4.91. The van der Waals surface area contributed by atoms with E-state index in [1.165, 1.54) is 31.0 Å². The van der Waals surface area contributed by atoms with E-state index in [9.17, 15) is 0 Å². The molecule has 0 spiro atoms. The predicted molar refractivity (Wildman–Crippen MR) is 68.7 cm³/mol. The standard InChI is InChI=1S/C11H18N4S/c1-7(8-4-3-5-8)13-10-6-9(12)14-11(15-10)16-2/h6-8H,3-5H2,1-2H3,(H3,12,13,14,15). The Morgan fingerprint density at radius 3 is 2.81 bits per heavy atom. The van der Waals surface area contributed by atoms with Crippen molar-refractivity contribution in [1.29, 1.82) is 0 Å². The average Bonchev–Trinajstić information content (AvgIpc) is 2.13. The van der Waals surface area contributed by atoms with Crippen LogP contribution in [0, 0.1) is 5.92 Å². The van der Waals surface area contributed by atoms with Gasteiger partial charge in [0, 0.05) is 12.1 Å². The fourth-order valence-electron chi connectivity index (χ4n) is 1.90. The number of nitrogens with two attached hydrogens (primary N) is 1. The number of hydrogen-bond donors (Lipinski definition) is 2. The van der Waals surface area contributed by atoms with Crippen LogP contribution < -0.4 is 11.1 Å². The van der Waals surface area contributed by atoms with E-state index in [-0.39, 0.29) is 0 Å². The van der Waals surface area contributed by atoms with Gasteiger partial charge in [-0.25, -0.2) is 9.97 Å². The molecule has 1 fully saturated rings. The van der Waals surface area contributed by atoms with E-state index in [2.05, 4.69) is 22.2 Å². The number of nitrogen functional groups attached to an aromatic ring is 1. The minimum Gasteiger partial charge on any atom is -0.383 e. The first-order valence-electron chi connectivity index (χ1n) is 5.64. The van der Waals surface area contributed by atoms with Crippen molar-refractivity contribution >= 4 is 23.4 Å². The maximum Gasteiger partial charge on any atom is 0.191 e. The summed E-state index contributed by atoms with van der Waals surface area (Å²) < 4.78 is 0.